The number of nitrogens with zero attached hydrogens (tertiary/aromatic N) is 4. The van der Waals surface area contributed by atoms with Crippen LogP contribution in [0, 0.1) is 0 Å². The molecule has 0 aliphatic carbocycles. The lowest BCUT2D eigenvalue weighted by atomic mass is 10.2. The summed E-state index contributed by atoms with van der Waals surface area (Å²) in [6.45, 7) is 4.55. The van der Waals surface area contributed by atoms with E-state index < -0.39 is 0 Å². The van der Waals surface area contributed by atoms with Crippen molar-refractivity contribution in [3.63, 3.8) is 0 Å². The van der Waals surface area contributed by atoms with Crippen molar-refractivity contribution in [3.8, 4) is 22.8 Å². The van der Waals surface area contributed by atoms with Gasteiger partial charge >= 0.3 is 0 Å². The lowest BCUT2D eigenvalue weighted by molar-refractivity contribution is -0.113. The Labute approximate surface area is 227 Å². The minimum Gasteiger partial charge on any atom is -0.497 e. The summed E-state index contributed by atoms with van der Waals surface area (Å²) >= 11 is 14.9. The van der Waals surface area contributed by atoms with E-state index in [1.807, 2.05) is 48.1 Å². The molecule has 0 saturated carbocycles. The van der Waals surface area contributed by atoms with E-state index in [0.29, 0.717) is 44.1 Å². The third-order valence-corrected chi connectivity index (χ3v) is 7.36. The van der Waals surface area contributed by atoms with Gasteiger partial charge in [-0.3, -0.25) is 4.79 Å². The fraction of sp³-hybridized carbons (Fsp3) is 0.250. The van der Waals surface area contributed by atoms with Crippen LogP contribution in [0.5, 0.6) is 11.5 Å². The number of anilines is 1. The smallest absolute Gasteiger partial charge is 0.236 e. The second-order valence-corrected chi connectivity index (χ2v) is 10.2. The molecule has 2 heterocycles. The van der Waals surface area contributed by atoms with Gasteiger partial charge in [-0.2, -0.15) is 0 Å². The number of benzene rings is 2. The summed E-state index contributed by atoms with van der Waals surface area (Å²) in [5.74, 6) is 2.10. The number of ether oxygens (including phenoxy) is 2. The minimum absolute atomic E-state index is 0.155. The summed E-state index contributed by atoms with van der Waals surface area (Å²) in [6.07, 6.45) is -0.331. The van der Waals surface area contributed by atoms with Crippen LogP contribution in [0.15, 0.2) is 53.0 Å². The number of methoxy groups -OCH3 is 1. The van der Waals surface area contributed by atoms with Crippen molar-refractivity contribution in [1.82, 2.24) is 19.7 Å². The van der Waals surface area contributed by atoms with Crippen molar-refractivity contribution in [3.05, 3.63) is 63.7 Å². The summed E-state index contributed by atoms with van der Waals surface area (Å²) < 4.78 is 13.1. The molecular formula is C24H23Cl2N5O3S2. The standard InChI is InChI=1S/C24H23Cl2N5O3S2/c1-4-31-22(14(2)34-17-8-6-16(33-3)7-9-17)29-30-24(31)36-13-21(32)28-23-27-20(12-35-23)18-10-5-15(25)11-19(18)26/h5-12,14H,4,13H2,1-3H3,(H,27,28,32). The van der Waals surface area contributed by atoms with Crippen LogP contribution in [-0.4, -0.2) is 38.5 Å². The highest BCUT2D eigenvalue weighted by atomic mass is 35.5. The SMILES string of the molecule is CCn1c(SCC(=O)Nc2nc(-c3ccc(Cl)cc3Cl)cs2)nnc1C(C)Oc1ccc(OC)cc1. The Bertz CT molecular complexity index is 1340. The van der Waals surface area contributed by atoms with Crippen molar-refractivity contribution in [2.75, 3.05) is 18.2 Å². The maximum Gasteiger partial charge on any atom is 0.236 e. The van der Waals surface area contributed by atoms with E-state index in [-0.39, 0.29) is 17.8 Å². The van der Waals surface area contributed by atoms with Crippen molar-refractivity contribution < 1.29 is 14.3 Å². The van der Waals surface area contributed by atoms with E-state index in [9.17, 15) is 4.79 Å². The van der Waals surface area contributed by atoms with Crippen LogP contribution in [0.4, 0.5) is 5.13 Å². The highest BCUT2D eigenvalue weighted by molar-refractivity contribution is 7.99. The Morgan fingerprint density at radius 2 is 1.92 bits per heavy atom. The van der Waals surface area contributed by atoms with Gasteiger partial charge in [0.05, 0.1) is 23.6 Å². The number of thiazole rings is 1. The predicted octanol–water partition coefficient (Wildman–Crippen LogP) is 6.61. The summed E-state index contributed by atoms with van der Waals surface area (Å²) in [7, 11) is 1.62. The topological polar surface area (TPSA) is 91.2 Å². The zero-order valence-electron chi connectivity index (χ0n) is 19.7. The summed E-state index contributed by atoms with van der Waals surface area (Å²) in [4.78, 5) is 17.0. The number of carbonyl (C=O) groups excluding carboxylic acids is 1. The summed E-state index contributed by atoms with van der Waals surface area (Å²) in [5, 5.41) is 15.4. The first kappa shape index (κ1) is 26.3. The largest absolute Gasteiger partial charge is 0.497 e. The van der Waals surface area contributed by atoms with Crippen molar-refractivity contribution in [1.29, 1.82) is 0 Å². The van der Waals surface area contributed by atoms with E-state index in [1.54, 1.807) is 25.3 Å². The molecule has 0 bridgehead atoms. The molecule has 36 heavy (non-hydrogen) atoms. The van der Waals surface area contributed by atoms with Gasteiger partial charge in [0.2, 0.25) is 5.91 Å². The van der Waals surface area contributed by atoms with Crippen molar-refractivity contribution in [2.45, 2.75) is 31.7 Å². The molecule has 1 atom stereocenters. The summed E-state index contributed by atoms with van der Waals surface area (Å²) in [5.41, 5.74) is 1.42. The van der Waals surface area contributed by atoms with Crippen LogP contribution in [-0.2, 0) is 11.3 Å². The van der Waals surface area contributed by atoms with Crippen LogP contribution in [0.1, 0.15) is 25.8 Å². The van der Waals surface area contributed by atoms with Gasteiger partial charge in [0.1, 0.15) is 11.5 Å². The zero-order chi connectivity index (χ0) is 25.7. The normalized spacial score (nSPS) is 11.8. The number of hydrogen-bond donors (Lipinski definition) is 1. The number of carbonyl (C=O) groups is 1. The molecule has 8 nitrogen and oxygen atoms in total. The second-order valence-electron chi connectivity index (χ2n) is 7.52. The molecule has 1 N–H and O–H groups in total. The molecule has 2 aromatic heterocycles. The van der Waals surface area contributed by atoms with Crippen LogP contribution < -0.4 is 14.8 Å². The van der Waals surface area contributed by atoms with Gasteiger partial charge in [0.15, 0.2) is 22.2 Å². The number of amides is 1. The van der Waals surface area contributed by atoms with Crippen LogP contribution in [0.3, 0.4) is 0 Å². The molecule has 4 rings (SSSR count). The maximum absolute atomic E-state index is 12.6. The third-order valence-electron chi connectivity index (χ3n) is 5.09. The second kappa shape index (κ2) is 12.0. The van der Waals surface area contributed by atoms with E-state index in [1.165, 1.54) is 23.1 Å². The van der Waals surface area contributed by atoms with Gasteiger partial charge in [-0.1, -0.05) is 35.0 Å². The summed E-state index contributed by atoms with van der Waals surface area (Å²) in [6, 6.07) is 12.6. The molecule has 1 unspecified atom stereocenters. The van der Waals surface area contributed by atoms with Crippen LogP contribution in [0.25, 0.3) is 11.3 Å². The lowest BCUT2D eigenvalue weighted by Gasteiger charge is -2.15. The van der Waals surface area contributed by atoms with Crippen LogP contribution >= 0.6 is 46.3 Å². The number of thioether (sulfide) groups is 1. The van der Waals surface area contributed by atoms with Crippen molar-refractivity contribution >= 4 is 57.3 Å². The maximum atomic E-state index is 12.6. The van der Waals surface area contributed by atoms with Crippen LogP contribution in [0.2, 0.25) is 10.0 Å². The predicted molar refractivity (Wildman–Crippen MR) is 145 cm³/mol. The molecule has 2 aromatic carbocycles. The Balaban J connectivity index is 1.36. The van der Waals surface area contributed by atoms with Gasteiger partial charge in [-0.15, -0.1) is 21.5 Å². The van der Waals surface area contributed by atoms with E-state index in [4.69, 9.17) is 32.7 Å². The third kappa shape index (κ3) is 6.31. The lowest BCUT2D eigenvalue weighted by Crippen LogP contribution is -2.15. The number of aromatic nitrogens is 4. The molecule has 0 aliphatic rings. The fourth-order valence-electron chi connectivity index (χ4n) is 3.35. The van der Waals surface area contributed by atoms with Crippen molar-refractivity contribution in [2.24, 2.45) is 0 Å². The van der Waals surface area contributed by atoms with Gasteiger partial charge in [-0.25, -0.2) is 4.98 Å². The molecule has 1 amide bonds. The fourth-order valence-corrected chi connectivity index (χ4v) is 5.39. The molecule has 0 saturated heterocycles. The van der Waals surface area contributed by atoms with E-state index in [2.05, 4.69) is 20.5 Å². The quantitative estimate of drug-likeness (QED) is 0.217. The van der Waals surface area contributed by atoms with E-state index in [0.717, 1.165) is 11.3 Å². The Morgan fingerprint density at radius 1 is 1.17 bits per heavy atom. The average Bonchev–Trinajstić information content (AvgIpc) is 3.50. The molecule has 4 aromatic rings. The average molecular weight is 565 g/mol. The molecule has 0 aliphatic heterocycles. The monoisotopic (exact) mass is 563 g/mol. The Hall–Kier alpha value is -2.79. The number of nitrogens with one attached hydrogen (secondary N) is 1. The molecule has 12 heteroatoms. The highest BCUT2D eigenvalue weighted by Gasteiger charge is 2.20. The van der Waals surface area contributed by atoms with Gasteiger partial charge in [0.25, 0.3) is 0 Å². The minimum atomic E-state index is -0.331. The molecule has 0 radical (unpaired) electrons. The number of rotatable bonds is 10. The first-order chi connectivity index (χ1) is 17.4. The Morgan fingerprint density at radius 3 is 2.61 bits per heavy atom. The number of halogens is 2. The first-order valence-corrected chi connectivity index (χ1v) is 13.6. The Kier molecular flexibility index (Phi) is 8.73. The van der Waals surface area contributed by atoms with E-state index >= 15 is 0 Å². The molecule has 188 valence electrons. The highest BCUT2D eigenvalue weighted by Crippen LogP contribution is 2.32. The van der Waals surface area contributed by atoms with Gasteiger partial charge in [0, 0.05) is 22.5 Å². The van der Waals surface area contributed by atoms with Gasteiger partial charge < -0.3 is 19.4 Å². The zero-order valence-corrected chi connectivity index (χ0v) is 22.8. The molecule has 0 fully saturated rings. The molecule has 0 spiro atoms. The van der Waals surface area contributed by atoms with Gasteiger partial charge in [-0.05, 0) is 56.3 Å². The number of hydrogen-bond acceptors (Lipinski definition) is 8. The molecular weight excluding hydrogens is 541 g/mol. The first-order valence-electron chi connectivity index (χ1n) is 10.9.